The van der Waals surface area contributed by atoms with Crippen LogP contribution in [-0.4, -0.2) is 32.5 Å². The number of fused-ring (bicyclic) bond motifs is 1. The van der Waals surface area contributed by atoms with Crippen molar-refractivity contribution >= 4 is 0 Å². The van der Waals surface area contributed by atoms with Gasteiger partial charge in [-0.3, -0.25) is 0 Å². The second-order valence-electron chi connectivity index (χ2n) is 3.77. The van der Waals surface area contributed by atoms with Crippen LogP contribution in [-0.2, 0) is 13.1 Å². The minimum Gasteiger partial charge on any atom is -0.507 e. The minimum absolute atomic E-state index is 0.167. The standard InChI is InChI=1S/C10H11N5O3/c16-7-2-9-8(17-5-18-9)1-6(7)3-11-4-10-12-14-15-13-10/h1-2,11,16H,3-5H2,(H,12,13,14,15). The Morgan fingerprint density at radius 2 is 2.11 bits per heavy atom. The zero-order chi connectivity index (χ0) is 12.4. The van der Waals surface area contributed by atoms with Crippen LogP contribution in [0.2, 0.25) is 0 Å². The van der Waals surface area contributed by atoms with E-state index in [1.807, 2.05) is 0 Å². The van der Waals surface area contributed by atoms with E-state index in [0.29, 0.717) is 30.4 Å². The van der Waals surface area contributed by atoms with Gasteiger partial charge in [-0.2, -0.15) is 5.21 Å². The van der Waals surface area contributed by atoms with Crippen LogP contribution in [0.4, 0.5) is 0 Å². The average Bonchev–Trinajstić information content (AvgIpc) is 3.00. The molecule has 3 rings (SSSR count). The van der Waals surface area contributed by atoms with Crippen molar-refractivity contribution in [3.05, 3.63) is 23.5 Å². The smallest absolute Gasteiger partial charge is 0.231 e. The summed E-state index contributed by atoms with van der Waals surface area (Å²) in [7, 11) is 0. The first-order valence-corrected chi connectivity index (χ1v) is 5.37. The molecule has 0 aliphatic carbocycles. The third kappa shape index (κ3) is 2.05. The number of phenolic OH excluding ortho intramolecular Hbond substituents is 1. The highest BCUT2D eigenvalue weighted by molar-refractivity contribution is 5.51. The first-order chi connectivity index (χ1) is 8.83. The molecule has 94 valence electrons. The lowest BCUT2D eigenvalue weighted by molar-refractivity contribution is 0.174. The predicted molar refractivity (Wildman–Crippen MR) is 59.0 cm³/mol. The molecule has 2 heterocycles. The Balaban J connectivity index is 1.66. The van der Waals surface area contributed by atoms with E-state index in [-0.39, 0.29) is 12.5 Å². The summed E-state index contributed by atoms with van der Waals surface area (Å²) in [6, 6.07) is 3.30. The van der Waals surface area contributed by atoms with E-state index in [4.69, 9.17) is 9.47 Å². The predicted octanol–water partition coefficient (Wildman–Crippen LogP) is -0.0762. The fourth-order valence-corrected chi connectivity index (χ4v) is 1.68. The SMILES string of the molecule is Oc1cc2c(cc1CNCc1nn[nH]n1)OCO2. The van der Waals surface area contributed by atoms with Crippen molar-refractivity contribution in [2.75, 3.05) is 6.79 Å². The van der Waals surface area contributed by atoms with E-state index in [9.17, 15) is 5.11 Å². The highest BCUT2D eigenvalue weighted by Crippen LogP contribution is 2.37. The number of aromatic nitrogens is 4. The van der Waals surface area contributed by atoms with Crippen LogP contribution in [0, 0.1) is 0 Å². The topological polar surface area (TPSA) is 105 Å². The largest absolute Gasteiger partial charge is 0.507 e. The van der Waals surface area contributed by atoms with Crippen LogP contribution in [0.25, 0.3) is 0 Å². The summed E-state index contributed by atoms with van der Waals surface area (Å²) in [4.78, 5) is 0. The Hall–Kier alpha value is -2.35. The van der Waals surface area contributed by atoms with Crippen LogP contribution < -0.4 is 14.8 Å². The van der Waals surface area contributed by atoms with Gasteiger partial charge in [-0.05, 0) is 6.07 Å². The van der Waals surface area contributed by atoms with Crippen LogP contribution in [0.15, 0.2) is 12.1 Å². The molecular formula is C10H11N5O3. The molecule has 1 aromatic carbocycles. The number of hydrogen-bond donors (Lipinski definition) is 3. The summed E-state index contributed by atoms with van der Waals surface area (Å²) in [6.07, 6.45) is 0. The van der Waals surface area contributed by atoms with Gasteiger partial charge in [0, 0.05) is 18.2 Å². The number of hydrogen-bond acceptors (Lipinski definition) is 7. The second-order valence-corrected chi connectivity index (χ2v) is 3.77. The van der Waals surface area contributed by atoms with Crippen molar-refractivity contribution in [1.29, 1.82) is 0 Å². The first-order valence-electron chi connectivity index (χ1n) is 5.37. The Morgan fingerprint density at radius 3 is 2.89 bits per heavy atom. The number of aromatic amines is 1. The molecule has 0 atom stereocenters. The number of ether oxygens (including phenoxy) is 2. The average molecular weight is 249 g/mol. The zero-order valence-electron chi connectivity index (χ0n) is 9.38. The monoisotopic (exact) mass is 249 g/mol. The third-order valence-corrected chi connectivity index (χ3v) is 2.56. The van der Waals surface area contributed by atoms with Crippen LogP contribution in [0.5, 0.6) is 17.2 Å². The molecule has 0 saturated heterocycles. The van der Waals surface area contributed by atoms with Crippen molar-refractivity contribution in [1.82, 2.24) is 25.9 Å². The Bertz CT molecular complexity index is 543. The highest BCUT2D eigenvalue weighted by Gasteiger charge is 2.16. The lowest BCUT2D eigenvalue weighted by Gasteiger charge is -2.06. The van der Waals surface area contributed by atoms with Gasteiger partial charge in [-0.1, -0.05) is 5.21 Å². The molecule has 0 saturated carbocycles. The van der Waals surface area contributed by atoms with E-state index in [1.54, 1.807) is 12.1 Å². The number of benzene rings is 1. The molecule has 1 aliphatic heterocycles. The summed E-state index contributed by atoms with van der Waals surface area (Å²) in [6.45, 7) is 1.12. The van der Waals surface area contributed by atoms with Gasteiger partial charge >= 0.3 is 0 Å². The highest BCUT2D eigenvalue weighted by atomic mass is 16.7. The van der Waals surface area contributed by atoms with Gasteiger partial charge < -0.3 is 19.9 Å². The summed E-state index contributed by atoms with van der Waals surface area (Å²) in [5.41, 5.74) is 0.725. The molecule has 2 aromatic rings. The Kier molecular flexibility index (Phi) is 2.69. The maximum absolute atomic E-state index is 9.81. The lowest BCUT2D eigenvalue weighted by atomic mass is 10.1. The maximum Gasteiger partial charge on any atom is 0.231 e. The molecule has 8 heteroatoms. The van der Waals surface area contributed by atoms with Crippen LogP contribution in [0.1, 0.15) is 11.4 Å². The number of aromatic hydroxyl groups is 1. The quantitative estimate of drug-likeness (QED) is 0.696. The molecule has 0 fully saturated rings. The van der Waals surface area contributed by atoms with Crippen molar-refractivity contribution in [3.8, 4) is 17.2 Å². The molecule has 3 N–H and O–H groups in total. The Morgan fingerprint density at radius 1 is 1.28 bits per heavy atom. The van der Waals surface area contributed by atoms with Gasteiger partial charge in [-0.15, -0.1) is 10.2 Å². The molecule has 0 unspecified atom stereocenters. The van der Waals surface area contributed by atoms with E-state index in [2.05, 4.69) is 25.9 Å². The fraction of sp³-hybridized carbons (Fsp3) is 0.300. The van der Waals surface area contributed by atoms with Crippen LogP contribution >= 0.6 is 0 Å². The summed E-state index contributed by atoms with van der Waals surface area (Å²) >= 11 is 0. The van der Waals surface area contributed by atoms with Gasteiger partial charge in [0.05, 0.1) is 6.54 Å². The lowest BCUT2D eigenvalue weighted by Crippen LogP contribution is -2.13. The molecule has 0 radical (unpaired) electrons. The normalized spacial score (nSPS) is 12.9. The van der Waals surface area contributed by atoms with E-state index in [0.717, 1.165) is 5.56 Å². The van der Waals surface area contributed by atoms with Crippen molar-refractivity contribution in [2.24, 2.45) is 0 Å². The Labute approximate surface area is 102 Å². The molecule has 1 aliphatic rings. The molecule has 8 nitrogen and oxygen atoms in total. The molecule has 18 heavy (non-hydrogen) atoms. The number of rotatable bonds is 4. The van der Waals surface area contributed by atoms with E-state index in [1.165, 1.54) is 0 Å². The van der Waals surface area contributed by atoms with E-state index >= 15 is 0 Å². The third-order valence-electron chi connectivity index (χ3n) is 2.56. The van der Waals surface area contributed by atoms with Crippen molar-refractivity contribution < 1.29 is 14.6 Å². The minimum atomic E-state index is 0.167. The molecule has 0 spiro atoms. The zero-order valence-corrected chi connectivity index (χ0v) is 9.38. The summed E-state index contributed by atoms with van der Waals surface area (Å²) < 4.78 is 10.4. The number of nitrogens with one attached hydrogen (secondary N) is 2. The molecule has 1 aromatic heterocycles. The maximum atomic E-state index is 9.81. The number of tetrazole rings is 1. The van der Waals surface area contributed by atoms with Gasteiger partial charge in [0.25, 0.3) is 0 Å². The van der Waals surface area contributed by atoms with Gasteiger partial charge in [0.1, 0.15) is 5.75 Å². The fourth-order valence-electron chi connectivity index (χ4n) is 1.68. The van der Waals surface area contributed by atoms with Crippen molar-refractivity contribution in [3.63, 3.8) is 0 Å². The number of nitrogens with zero attached hydrogens (tertiary/aromatic N) is 3. The van der Waals surface area contributed by atoms with Crippen molar-refractivity contribution in [2.45, 2.75) is 13.1 Å². The second kappa shape index (κ2) is 4.49. The molecule has 0 amide bonds. The van der Waals surface area contributed by atoms with Gasteiger partial charge in [0.15, 0.2) is 17.3 Å². The molecule has 0 bridgehead atoms. The summed E-state index contributed by atoms with van der Waals surface area (Å²) in [5, 5.41) is 26.3. The van der Waals surface area contributed by atoms with Gasteiger partial charge in [-0.25, -0.2) is 0 Å². The summed E-state index contributed by atoms with van der Waals surface area (Å²) in [5.74, 6) is 1.94. The number of H-pyrrole nitrogens is 1. The first kappa shape index (κ1) is 10.8. The van der Waals surface area contributed by atoms with Gasteiger partial charge in [0.2, 0.25) is 6.79 Å². The van der Waals surface area contributed by atoms with Crippen LogP contribution in [0.3, 0.4) is 0 Å². The number of phenols is 1. The molecular weight excluding hydrogens is 238 g/mol. The van der Waals surface area contributed by atoms with E-state index < -0.39 is 0 Å².